The molecule has 0 amide bonds. The van der Waals surface area contributed by atoms with E-state index >= 15 is 0 Å². The van der Waals surface area contributed by atoms with Gasteiger partial charge in [0, 0.05) is 19.3 Å². The molecule has 0 spiro atoms. The molecular weight excluding hydrogens is 1020 g/mol. The Balaban J connectivity index is 4.37. The Labute approximate surface area is 509 Å². The zero-order valence-corrected chi connectivity index (χ0v) is 52.9. The lowest BCUT2D eigenvalue weighted by Gasteiger charge is -2.18. The molecule has 462 valence electrons. The molecule has 0 aliphatic heterocycles. The summed E-state index contributed by atoms with van der Waals surface area (Å²) < 4.78 is 16.8. The van der Waals surface area contributed by atoms with E-state index in [1.165, 1.54) is 44.9 Å². The number of carbonyl (C=O) groups excluding carboxylic acids is 3. The van der Waals surface area contributed by atoms with Crippen molar-refractivity contribution in [2.45, 2.75) is 258 Å². The second-order valence-electron chi connectivity index (χ2n) is 20.9. The average molecular weight is 1140 g/mol. The van der Waals surface area contributed by atoms with Crippen molar-refractivity contribution in [1.29, 1.82) is 0 Å². The maximum Gasteiger partial charge on any atom is 0.306 e. The minimum absolute atomic E-state index is 0.125. The molecule has 0 aliphatic carbocycles. The Morgan fingerprint density at radius 2 is 0.494 bits per heavy atom. The molecule has 6 nitrogen and oxygen atoms in total. The molecule has 0 radical (unpaired) electrons. The van der Waals surface area contributed by atoms with Crippen molar-refractivity contribution in [2.75, 3.05) is 13.2 Å². The third-order valence-corrected chi connectivity index (χ3v) is 13.1. The van der Waals surface area contributed by atoms with Crippen LogP contribution in [0.5, 0.6) is 0 Å². The van der Waals surface area contributed by atoms with Crippen LogP contribution in [0.4, 0.5) is 0 Å². The fourth-order valence-electron chi connectivity index (χ4n) is 8.21. The van der Waals surface area contributed by atoms with E-state index in [0.29, 0.717) is 19.3 Å². The molecule has 0 rings (SSSR count). The number of allylic oxidation sites excluding steroid dienone is 32. The molecule has 0 N–H and O–H groups in total. The van der Waals surface area contributed by atoms with Crippen LogP contribution in [-0.2, 0) is 28.6 Å². The number of unbranched alkanes of at least 4 members (excludes halogenated alkanes) is 14. The van der Waals surface area contributed by atoms with Crippen molar-refractivity contribution in [2.24, 2.45) is 0 Å². The zero-order valence-electron chi connectivity index (χ0n) is 52.9. The van der Waals surface area contributed by atoms with Crippen molar-refractivity contribution < 1.29 is 28.6 Å². The Morgan fingerprint density at radius 1 is 0.253 bits per heavy atom. The third kappa shape index (κ3) is 66.9. The summed E-state index contributed by atoms with van der Waals surface area (Å²) in [5, 5.41) is 0. The fraction of sp³-hybridized carbons (Fsp3) is 0.545. The van der Waals surface area contributed by atoms with E-state index in [-0.39, 0.29) is 31.6 Å². The van der Waals surface area contributed by atoms with Crippen LogP contribution in [-0.4, -0.2) is 37.2 Å². The molecule has 0 aromatic carbocycles. The largest absolute Gasteiger partial charge is 0.462 e. The van der Waals surface area contributed by atoms with Crippen LogP contribution in [0.15, 0.2) is 194 Å². The highest BCUT2D eigenvalue weighted by molar-refractivity contribution is 5.71. The van der Waals surface area contributed by atoms with Gasteiger partial charge in [0.1, 0.15) is 13.2 Å². The second kappa shape index (κ2) is 68.7. The van der Waals surface area contributed by atoms with Gasteiger partial charge in [-0.3, -0.25) is 14.4 Å². The van der Waals surface area contributed by atoms with Crippen molar-refractivity contribution in [3.63, 3.8) is 0 Å². The Bertz CT molecular complexity index is 1990. The van der Waals surface area contributed by atoms with Gasteiger partial charge >= 0.3 is 17.9 Å². The molecular formula is C77H118O6. The molecule has 0 saturated heterocycles. The number of hydrogen-bond acceptors (Lipinski definition) is 6. The van der Waals surface area contributed by atoms with E-state index in [1.807, 2.05) is 12.2 Å². The van der Waals surface area contributed by atoms with Crippen LogP contribution < -0.4 is 0 Å². The first-order valence-corrected chi connectivity index (χ1v) is 32.9. The Morgan fingerprint density at radius 3 is 0.795 bits per heavy atom. The number of hydrogen-bond donors (Lipinski definition) is 0. The van der Waals surface area contributed by atoms with Gasteiger partial charge < -0.3 is 14.2 Å². The van der Waals surface area contributed by atoms with Gasteiger partial charge in [0.2, 0.25) is 0 Å². The van der Waals surface area contributed by atoms with Crippen molar-refractivity contribution >= 4 is 17.9 Å². The van der Waals surface area contributed by atoms with Crippen LogP contribution in [0.3, 0.4) is 0 Å². The van der Waals surface area contributed by atoms with E-state index in [0.717, 1.165) is 161 Å². The van der Waals surface area contributed by atoms with Gasteiger partial charge in [-0.2, -0.15) is 0 Å². The summed E-state index contributed by atoms with van der Waals surface area (Å²) in [5.41, 5.74) is 0. The second-order valence-corrected chi connectivity index (χ2v) is 20.9. The number of rotatable bonds is 57. The van der Waals surface area contributed by atoms with Gasteiger partial charge in [-0.1, -0.05) is 279 Å². The normalized spacial score (nSPS) is 13.4. The molecule has 0 saturated carbocycles. The summed E-state index contributed by atoms with van der Waals surface area (Å²) in [5.74, 6) is -1.04. The van der Waals surface area contributed by atoms with E-state index in [9.17, 15) is 14.4 Å². The topological polar surface area (TPSA) is 78.9 Å². The summed E-state index contributed by atoms with van der Waals surface area (Å²) in [6, 6.07) is 0. The zero-order chi connectivity index (χ0) is 59.9. The summed E-state index contributed by atoms with van der Waals surface area (Å²) in [6.45, 7) is 6.28. The Hall–Kier alpha value is -5.75. The van der Waals surface area contributed by atoms with Crippen molar-refractivity contribution in [1.82, 2.24) is 0 Å². The quantitative estimate of drug-likeness (QED) is 0.0261. The smallest absolute Gasteiger partial charge is 0.306 e. The number of carbonyl (C=O) groups is 3. The molecule has 0 aliphatic rings. The number of ether oxygens (including phenoxy) is 3. The highest BCUT2D eigenvalue weighted by Gasteiger charge is 2.19. The van der Waals surface area contributed by atoms with Crippen LogP contribution in [0.2, 0.25) is 0 Å². The summed E-state index contributed by atoms with van der Waals surface area (Å²) in [7, 11) is 0. The van der Waals surface area contributed by atoms with Crippen molar-refractivity contribution in [3.05, 3.63) is 194 Å². The van der Waals surface area contributed by atoms with E-state index in [1.54, 1.807) is 0 Å². The van der Waals surface area contributed by atoms with Gasteiger partial charge in [0.05, 0.1) is 0 Å². The highest BCUT2D eigenvalue weighted by atomic mass is 16.6. The molecule has 0 aromatic rings. The first kappa shape index (κ1) is 77.2. The first-order chi connectivity index (χ1) is 41.0. The molecule has 1 atom stereocenters. The summed E-state index contributed by atoms with van der Waals surface area (Å²) in [4.78, 5) is 38.2. The van der Waals surface area contributed by atoms with Gasteiger partial charge in [-0.25, -0.2) is 0 Å². The van der Waals surface area contributed by atoms with Gasteiger partial charge in [-0.15, -0.1) is 0 Å². The fourth-order valence-corrected chi connectivity index (χ4v) is 8.21. The SMILES string of the molecule is CC/C=C\C/C=C\C/C=C\C/C=C\C/C=C\C/C=C\C/C=C\C/C=C\C/C=C\CCCCCCCCCC(=O)OCC(COC(=O)CCCCCCC/C=C\CCCC)OC(=O)CC/C=C\C/C=C\C/C=C\C/C=C\C/C=C\C/C=C\CC. The monoisotopic (exact) mass is 1140 g/mol. The molecule has 6 heteroatoms. The number of esters is 3. The van der Waals surface area contributed by atoms with Crippen LogP contribution in [0.1, 0.15) is 252 Å². The highest BCUT2D eigenvalue weighted by Crippen LogP contribution is 2.13. The van der Waals surface area contributed by atoms with Gasteiger partial charge in [0.15, 0.2) is 6.10 Å². The standard InChI is InChI=1S/C77H118O6/c1-4-7-10-13-16-19-22-24-26-28-30-31-32-33-34-35-36-37-38-39-40-41-42-43-44-45-47-48-50-52-55-58-61-64-67-70-76(79)82-73-74(72-81-75(78)69-66-63-60-57-54-21-18-15-12-9-6-3)83-77(80)71-68-65-62-59-56-53-51-49-46-29-27-25-23-20-17-14-11-8-5-2/h7-8,10-11,15-20,24-27,30-31,33-34,36-37,39-40,42-43,45-47,49,53,56,62,65,74H,4-6,9,12-14,21-23,28-29,32,35,38,41,44,48,50-52,54-55,57-61,63-64,66-73H2,1-3H3/b10-7-,11-8-,18-15-,19-16-,20-17-,26-24-,27-25-,31-30-,34-33-,37-36-,40-39-,43-42-,47-45-,49-46-,56-53-,65-62-. The molecule has 0 fully saturated rings. The Kier molecular flexibility index (Phi) is 64.0. The molecule has 0 aromatic heterocycles. The van der Waals surface area contributed by atoms with Crippen LogP contribution >= 0.6 is 0 Å². The predicted octanol–water partition coefficient (Wildman–Crippen LogP) is 23.0. The molecule has 83 heavy (non-hydrogen) atoms. The van der Waals surface area contributed by atoms with Crippen LogP contribution in [0, 0.1) is 0 Å². The predicted molar refractivity (Wildman–Crippen MR) is 361 cm³/mol. The lowest BCUT2D eigenvalue weighted by molar-refractivity contribution is -0.166. The maximum atomic E-state index is 12.9. The van der Waals surface area contributed by atoms with Crippen molar-refractivity contribution in [3.8, 4) is 0 Å². The molecule has 0 bridgehead atoms. The van der Waals surface area contributed by atoms with E-state index in [2.05, 4.69) is 203 Å². The average Bonchev–Trinajstić information content (AvgIpc) is 3.48. The lowest BCUT2D eigenvalue weighted by atomic mass is 10.1. The molecule has 0 heterocycles. The van der Waals surface area contributed by atoms with Gasteiger partial charge in [-0.05, 0) is 148 Å². The minimum Gasteiger partial charge on any atom is -0.462 e. The molecule has 1 unspecified atom stereocenters. The summed E-state index contributed by atoms with van der Waals surface area (Å²) >= 11 is 0. The maximum absolute atomic E-state index is 12.9. The lowest BCUT2D eigenvalue weighted by Crippen LogP contribution is -2.30. The first-order valence-electron chi connectivity index (χ1n) is 32.9. The minimum atomic E-state index is -0.838. The van der Waals surface area contributed by atoms with E-state index in [4.69, 9.17) is 14.2 Å². The van der Waals surface area contributed by atoms with E-state index < -0.39 is 12.1 Å². The third-order valence-electron chi connectivity index (χ3n) is 13.1. The van der Waals surface area contributed by atoms with Gasteiger partial charge in [0.25, 0.3) is 0 Å². The van der Waals surface area contributed by atoms with Crippen LogP contribution in [0.25, 0.3) is 0 Å². The summed E-state index contributed by atoms with van der Waals surface area (Å²) in [6.07, 6.45) is 105.